The largest absolute Gasteiger partial charge is 0.504 e. The summed E-state index contributed by atoms with van der Waals surface area (Å²) in [6, 6.07) is 4.41. The summed E-state index contributed by atoms with van der Waals surface area (Å²) in [5.41, 5.74) is 1.12. The van der Waals surface area contributed by atoms with Crippen molar-refractivity contribution in [3.63, 3.8) is 0 Å². The average molecular weight is 654 g/mol. The highest BCUT2D eigenvalue weighted by molar-refractivity contribution is 5.82. The van der Waals surface area contributed by atoms with Crippen LogP contribution in [-0.2, 0) is 30.3 Å². The first-order chi connectivity index (χ1) is 22.5. The van der Waals surface area contributed by atoms with Crippen molar-refractivity contribution >= 4 is 17.8 Å². The van der Waals surface area contributed by atoms with Gasteiger partial charge in [-0.15, -0.1) is 0 Å². The van der Waals surface area contributed by atoms with Gasteiger partial charge in [-0.1, -0.05) is 87.1 Å². The monoisotopic (exact) mass is 653 g/mol. The number of carbonyl (C=O) groups excluding carboxylic acids is 2. The molecule has 1 aromatic rings. The van der Waals surface area contributed by atoms with E-state index in [1.165, 1.54) is 17.7 Å². The number of benzene rings is 1. The molecule has 1 atom stereocenters. The van der Waals surface area contributed by atoms with E-state index < -0.39 is 23.4 Å². The molecule has 47 heavy (non-hydrogen) atoms. The first kappa shape index (κ1) is 40.9. The van der Waals surface area contributed by atoms with E-state index >= 15 is 0 Å². The van der Waals surface area contributed by atoms with Gasteiger partial charge < -0.3 is 30.1 Å². The van der Waals surface area contributed by atoms with Gasteiger partial charge in [0, 0.05) is 18.4 Å². The van der Waals surface area contributed by atoms with Crippen LogP contribution in [0, 0.1) is 5.41 Å². The summed E-state index contributed by atoms with van der Waals surface area (Å²) < 4.78 is 11.4. The minimum atomic E-state index is -1.04. The van der Waals surface area contributed by atoms with Crippen LogP contribution in [0.25, 0.3) is 0 Å². The summed E-state index contributed by atoms with van der Waals surface area (Å²) in [7, 11) is 0. The van der Waals surface area contributed by atoms with Crippen LogP contribution in [0.4, 0.5) is 0 Å². The van der Waals surface area contributed by atoms with Crippen molar-refractivity contribution in [3.05, 3.63) is 84.0 Å². The van der Waals surface area contributed by atoms with E-state index in [1.807, 2.05) is 0 Å². The molecule has 0 aliphatic heterocycles. The number of aliphatic carboxylic acids is 1. The molecule has 1 amide bonds. The van der Waals surface area contributed by atoms with Gasteiger partial charge in [-0.2, -0.15) is 0 Å². The third kappa shape index (κ3) is 19.9. The lowest BCUT2D eigenvalue weighted by Crippen LogP contribution is -2.48. The number of carboxylic acids is 1. The number of hydrogen-bond acceptors (Lipinski definition) is 7. The lowest BCUT2D eigenvalue weighted by atomic mass is 9.86. The molecule has 9 nitrogen and oxygen atoms in total. The first-order valence-electron chi connectivity index (χ1n) is 16.5. The average Bonchev–Trinajstić information content (AvgIpc) is 3.02. The van der Waals surface area contributed by atoms with Crippen molar-refractivity contribution in [2.45, 2.75) is 98.0 Å². The number of hydrogen-bond donors (Lipinski definition) is 4. The predicted molar refractivity (Wildman–Crippen MR) is 186 cm³/mol. The molecule has 0 fully saturated rings. The van der Waals surface area contributed by atoms with Gasteiger partial charge in [0.2, 0.25) is 5.91 Å². The number of ether oxygens (including phenoxy) is 2. The lowest BCUT2D eigenvalue weighted by Gasteiger charge is -2.32. The number of amides is 1. The Morgan fingerprint density at radius 2 is 1.60 bits per heavy atom. The second-order valence-corrected chi connectivity index (χ2v) is 12.1. The predicted octanol–water partition coefficient (Wildman–Crippen LogP) is 7.50. The summed E-state index contributed by atoms with van der Waals surface area (Å²) >= 11 is 0. The molecule has 0 radical (unpaired) electrons. The Hall–Kier alpha value is -4.11. The molecule has 1 aromatic carbocycles. The number of nitrogens with one attached hydrogen (secondary N) is 1. The van der Waals surface area contributed by atoms with E-state index in [0.717, 1.165) is 38.5 Å². The Morgan fingerprint density at radius 3 is 2.30 bits per heavy atom. The Morgan fingerprint density at radius 1 is 0.915 bits per heavy atom. The fourth-order valence-corrected chi connectivity index (χ4v) is 4.38. The number of phenols is 2. The number of aromatic hydroxyl groups is 2. The van der Waals surface area contributed by atoms with E-state index in [0.29, 0.717) is 18.4 Å². The summed E-state index contributed by atoms with van der Waals surface area (Å²) in [6.07, 6.45) is 24.9. The summed E-state index contributed by atoms with van der Waals surface area (Å²) in [5.74, 6) is -2.40. The van der Waals surface area contributed by atoms with Crippen LogP contribution >= 0.6 is 0 Å². The van der Waals surface area contributed by atoms with E-state index in [2.05, 4.69) is 73.8 Å². The van der Waals surface area contributed by atoms with Gasteiger partial charge in [0.15, 0.2) is 11.5 Å². The molecule has 1 rings (SSSR count). The Balaban J connectivity index is 2.46. The fourth-order valence-electron chi connectivity index (χ4n) is 4.38. The van der Waals surface area contributed by atoms with Crippen molar-refractivity contribution in [3.8, 4) is 11.5 Å². The Labute approximate surface area is 280 Å². The second kappa shape index (κ2) is 24.1. The number of esters is 1. The molecule has 4 N–H and O–H groups in total. The summed E-state index contributed by atoms with van der Waals surface area (Å²) in [4.78, 5) is 36.3. The zero-order valence-electron chi connectivity index (χ0n) is 28.6. The molecule has 0 bridgehead atoms. The molecule has 1 unspecified atom stereocenters. The first-order valence-corrected chi connectivity index (χ1v) is 16.5. The van der Waals surface area contributed by atoms with Crippen molar-refractivity contribution < 1.29 is 39.2 Å². The normalized spacial score (nSPS) is 13.2. The quantitative estimate of drug-likeness (QED) is 0.0389. The molecule has 0 aromatic heterocycles. The van der Waals surface area contributed by atoms with Gasteiger partial charge in [0.25, 0.3) is 0 Å². The van der Waals surface area contributed by atoms with Crippen LogP contribution in [0.3, 0.4) is 0 Å². The van der Waals surface area contributed by atoms with Crippen LogP contribution in [-0.4, -0.2) is 59.0 Å². The van der Waals surface area contributed by atoms with E-state index in [-0.39, 0.29) is 50.1 Å². The Bertz CT molecular complexity index is 1240. The molecule has 0 saturated carbocycles. The standard InChI is InChI=1S/C38H55NO8/c1-5-6-7-8-10-13-16-19-30(2)20-17-14-11-9-12-15-18-21-35(44)47-29-38(3,4)36(37(45)39-26-24-34(42)43)46-27-25-31-22-23-32(40)33(41)28-31/h6-7,9-10,12-14,17,19,22-23,28,36,40-41H,5,8,11,15-16,18,20-21,24-27,29H2,1-4H3,(H,39,45)(H,42,43). The molecule has 9 heteroatoms. The van der Waals surface area contributed by atoms with Crippen molar-refractivity contribution in [2.24, 2.45) is 5.41 Å². The Kier molecular flexibility index (Phi) is 21.0. The number of carboxylic acid groups (broad SMARTS) is 1. The van der Waals surface area contributed by atoms with Crippen LogP contribution in [0.5, 0.6) is 11.5 Å². The minimum Gasteiger partial charge on any atom is -0.504 e. The van der Waals surface area contributed by atoms with Crippen molar-refractivity contribution in [1.29, 1.82) is 0 Å². The van der Waals surface area contributed by atoms with Gasteiger partial charge >= 0.3 is 11.9 Å². The summed E-state index contributed by atoms with van der Waals surface area (Å²) in [6.45, 7) is 7.73. The maximum absolute atomic E-state index is 13.0. The molecule has 0 aliphatic rings. The molecule has 260 valence electrons. The topological polar surface area (TPSA) is 142 Å². The van der Waals surface area contributed by atoms with Gasteiger partial charge in [-0.25, -0.2) is 0 Å². The number of rotatable bonds is 24. The maximum Gasteiger partial charge on any atom is 0.305 e. The zero-order chi connectivity index (χ0) is 34.9. The van der Waals surface area contributed by atoms with Crippen molar-refractivity contribution in [2.75, 3.05) is 19.8 Å². The van der Waals surface area contributed by atoms with Crippen LogP contribution in [0.15, 0.2) is 78.5 Å². The van der Waals surface area contributed by atoms with Gasteiger partial charge in [-0.3, -0.25) is 14.4 Å². The van der Waals surface area contributed by atoms with Crippen LogP contribution in [0.2, 0.25) is 0 Å². The molecular weight excluding hydrogens is 598 g/mol. The molecule has 0 aliphatic carbocycles. The smallest absolute Gasteiger partial charge is 0.305 e. The van der Waals surface area contributed by atoms with Crippen LogP contribution in [0.1, 0.15) is 91.0 Å². The third-order valence-corrected chi connectivity index (χ3v) is 7.15. The highest BCUT2D eigenvalue weighted by Crippen LogP contribution is 2.27. The summed E-state index contributed by atoms with van der Waals surface area (Å²) in [5, 5.41) is 30.7. The second-order valence-electron chi connectivity index (χ2n) is 12.1. The van der Waals surface area contributed by atoms with Gasteiger partial charge in [0.05, 0.1) is 19.6 Å². The maximum atomic E-state index is 13.0. The van der Waals surface area contributed by atoms with E-state index in [4.69, 9.17) is 14.6 Å². The number of carbonyl (C=O) groups is 3. The van der Waals surface area contributed by atoms with Gasteiger partial charge in [0.1, 0.15) is 6.10 Å². The molecular formula is C38H55NO8. The fraction of sp³-hybridized carbons (Fsp3) is 0.500. The highest BCUT2D eigenvalue weighted by atomic mass is 16.5. The number of phenolic OH excluding ortho intramolecular Hbond substituents is 2. The van der Waals surface area contributed by atoms with Crippen molar-refractivity contribution in [1.82, 2.24) is 5.32 Å². The zero-order valence-corrected chi connectivity index (χ0v) is 28.6. The number of allylic oxidation sites excluding steroid dienone is 10. The molecule has 0 spiro atoms. The third-order valence-electron chi connectivity index (χ3n) is 7.15. The minimum absolute atomic E-state index is 0.0643. The van der Waals surface area contributed by atoms with Crippen LogP contribution < -0.4 is 5.32 Å². The SMILES string of the molecule is CCC=CCC=CCC=C(C)CC=CCC=CCCCC(=O)OCC(C)(C)C(OCCc1ccc(O)c(O)c1)C(=O)NCCC(=O)O. The van der Waals surface area contributed by atoms with E-state index in [1.54, 1.807) is 19.9 Å². The highest BCUT2D eigenvalue weighted by Gasteiger charge is 2.37. The van der Waals surface area contributed by atoms with E-state index in [9.17, 15) is 24.6 Å². The molecule has 0 saturated heterocycles. The lowest BCUT2D eigenvalue weighted by molar-refractivity contribution is -0.157. The molecule has 0 heterocycles. The number of unbranched alkanes of at least 4 members (excludes halogenated alkanes) is 1. The van der Waals surface area contributed by atoms with Gasteiger partial charge in [-0.05, 0) is 76.0 Å².